The van der Waals surface area contributed by atoms with Crippen LogP contribution in [-0.4, -0.2) is 67.4 Å². The molecule has 7 rings (SSSR count). The largest absolute Gasteiger partial charge is 0.494 e. The second-order valence-corrected chi connectivity index (χ2v) is 10.8. The van der Waals surface area contributed by atoms with E-state index in [0.717, 1.165) is 53.9 Å². The average molecular weight is 550 g/mol. The predicted octanol–water partition coefficient (Wildman–Crippen LogP) is 4.01. The van der Waals surface area contributed by atoms with Gasteiger partial charge in [-0.2, -0.15) is 5.26 Å². The number of benzene rings is 2. The molecule has 11 heteroatoms. The van der Waals surface area contributed by atoms with Gasteiger partial charge in [0.05, 0.1) is 59.4 Å². The molecule has 2 aromatic heterocycles. The maximum Gasteiger partial charge on any atom is 0.227 e. The summed E-state index contributed by atoms with van der Waals surface area (Å²) >= 11 is 0. The number of rotatable bonds is 6. The highest BCUT2D eigenvalue weighted by atomic mass is 16.6. The summed E-state index contributed by atoms with van der Waals surface area (Å²) in [6.07, 6.45) is 6.89. The molecule has 0 spiro atoms. The van der Waals surface area contributed by atoms with Gasteiger partial charge in [-0.3, -0.25) is 0 Å². The molecule has 5 heterocycles. The minimum absolute atomic E-state index is 0.0966. The Morgan fingerprint density at radius 1 is 1.27 bits per heavy atom. The molecule has 208 valence electrons. The molecule has 0 bridgehead atoms. The molecule has 11 nitrogen and oxygen atoms in total. The number of nitrogens with one attached hydrogen (secondary N) is 1. The number of para-hydroxylation sites is 1. The van der Waals surface area contributed by atoms with Crippen molar-refractivity contribution in [2.75, 3.05) is 55.1 Å². The first kappa shape index (κ1) is 25.2. The standard InChI is InChI=1S/C30H31N9O2/c1-33-12-17-7-8-38(14-17)24-10-25(40-3)22(9-21(24)32)35-30-34-13-18(11-31)27(36-30)20-15-39-16-26-29(41-26)37(2)23-6-4-5-19(20)28(23)39/h4-6,9-10,12-13,15,17,26,29H,7-8,14,16,32H2,1-3H3,(H,34,35,36)/t17?,26-,29?/m0/s1. The Labute approximate surface area is 237 Å². The molecule has 0 saturated carbocycles. The highest BCUT2D eigenvalue weighted by molar-refractivity contribution is 6.03. The van der Waals surface area contributed by atoms with Crippen molar-refractivity contribution in [1.82, 2.24) is 14.5 Å². The summed E-state index contributed by atoms with van der Waals surface area (Å²) in [5.74, 6) is 1.38. The Bertz CT molecular complexity index is 1740. The van der Waals surface area contributed by atoms with E-state index in [1.807, 2.05) is 24.4 Å². The summed E-state index contributed by atoms with van der Waals surface area (Å²) in [5, 5.41) is 14.3. The number of aliphatic imine (C=N–C) groups is 1. The molecule has 2 aromatic carbocycles. The zero-order chi connectivity index (χ0) is 28.2. The van der Waals surface area contributed by atoms with E-state index in [1.165, 1.54) is 0 Å². The first-order valence-corrected chi connectivity index (χ1v) is 13.7. The summed E-state index contributed by atoms with van der Waals surface area (Å²) in [4.78, 5) is 17.9. The molecular formula is C30H31N9O2. The van der Waals surface area contributed by atoms with Crippen LogP contribution in [0.15, 0.2) is 47.7 Å². The maximum absolute atomic E-state index is 9.97. The van der Waals surface area contributed by atoms with E-state index >= 15 is 0 Å². The first-order chi connectivity index (χ1) is 20.0. The van der Waals surface area contributed by atoms with Gasteiger partial charge in [-0.15, -0.1) is 0 Å². The number of likely N-dealkylation sites (N-methyl/N-ethyl adjacent to an activating group) is 1. The van der Waals surface area contributed by atoms with Crippen LogP contribution in [0.4, 0.5) is 28.7 Å². The topological polar surface area (TPSA) is 133 Å². The van der Waals surface area contributed by atoms with Crippen LogP contribution in [0.5, 0.6) is 5.75 Å². The Balaban J connectivity index is 1.25. The molecule has 0 amide bonds. The van der Waals surface area contributed by atoms with Crippen LogP contribution in [0.25, 0.3) is 22.2 Å². The lowest BCUT2D eigenvalue weighted by Crippen LogP contribution is -2.22. The molecule has 3 aliphatic heterocycles. The first-order valence-electron chi connectivity index (χ1n) is 13.7. The van der Waals surface area contributed by atoms with Crippen LogP contribution in [0.1, 0.15) is 12.0 Å². The van der Waals surface area contributed by atoms with Gasteiger partial charge in [-0.1, -0.05) is 12.1 Å². The van der Waals surface area contributed by atoms with Gasteiger partial charge in [0.2, 0.25) is 5.95 Å². The smallest absolute Gasteiger partial charge is 0.227 e. The third-order valence-corrected chi connectivity index (χ3v) is 8.26. The number of anilines is 5. The van der Waals surface area contributed by atoms with Crippen LogP contribution in [0.3, 0.4) is 0 Å². The third kappa shape index (κ3) is 4.19. The highest BCUT2D eigenvalue weighted by Crippen LogP contribution is 2.43. The number of nitriles is 1. The van der Waals surface area contributed by atoms with E-state index < -0.39 is 0 Å². The van der Waals surface area contributed by atoms with Crippen LogP contribution in [-0.2, 0) is 11.3 Å². The SMILES string of the molecule is CN=CC1CCN(c2cc(OC)c(Nc3ncc(C#N)c(-c4cn5c6c(cccc46)N(C)C4O[C@H]4C5)n3)cc2N)C1. The van der Waals surface area contributed by atoms with Gasteiger partial charge in [0.15, 0.2) is 6.23 Å². The molecule has 0 radical (unpaired) electrons. The van der Waals surface area contributed by atoms with Crippen molar-refractivity contribution < 1.29 is 9.47 Å². The van der Waals surface area contributed by atoms with Gasteiger partial charge in [-0.25, -0.2) is 9.97 Å². The number of hydrogen-bond donors (Lipinski definition) is 2. The molecule has 2 saturated heterocycles. The normalized spacial score (nSPS) is 21.2. The highest BCUT2D eigenvalue weighted by Gasteiger charge is 2.45. The molecule has 4 aromatic rings. The number of nitrogen functional groups attached to an aromatic ring is 1. The summed E-state index contributed by atoms with van der Waals surface area (Å²) in [5.41, 5.74) is 12.8. The number of fused-ring (bicyclic) bond motifs is 1. The van der Waals surface area contributed by atoms with E-state index in [4.69, 9.17) is 20.2 Å². The zero-order valence-electron chi connectivity index (χ0n) is 23.2. The summed E-state index contributed by atoms with van der Waals surface area (Å²) < 4.78 is 13.8. The third-order valence-electron chi connectivity index (χ3n) is 8.26. The molecule has 3 N–H and O–H groups in total. The Morgan fingerprint density at radius 2 is 2.15 bits per heavy atom. The Morgan fingerprint density at radius 3 is 2.95 bits per heavy atom. The number of aromatic nitrogens is 3. The lowest BCUT2D eigenvalue weighted by atomic mass is 10.1. The monoisotopic (exact) mass is 549 g/mol. The number of nitrogens with zero attached hydrogens (tertiary/aromatic N) is 7. The van der Waals surface area contributed by atoms with E-state index in [0.29, 0.717) is 40.2 Å². The van der Waals surface area contributed by atoms with Gasteiger partial charge >= 0.3 is 0 Å². The van der Waals surface area contributed by atoms with Crippen LogP contribution in [0, 0.1) is 17.2 Å². The maximum atomic E-state index is 9.97. The van der Waals surface area contributed by atoms with Gasteiger partial charge in [0.25, 0.3) is 0 Å². The fourth-order valence-corrected chi connectivity index (χ4v) is 6.21. The Hall–Kier alpha value is -4.82. The number of hydrogen-bond acceptors (Lipinski definition) is 10. The van der Waals surface area contributed by atoms with Crippen molar-refractivity contribution >= 4 is 45.8 Å². The zero-order valence-corrected chi connectivity index (χ0v) is 23.2. The van der Waals surface area contributed by atoms with E-state index in [9.17, 15) is 5.26 Å². The molecule has 3 aliphatic rings. The molecule has 3 atom stereocenters. The number of epoxide rings is 1. The molecule has 2 unspecified atom stereocenters. The molecule has 0 aliphatic carbocycles. The van der Waals surface area contributed by atoms with Crippen molar-refractivity contribution in [3.05, 3.63) is 48.3 Å². The van der Waals surface area contributed by atoms with Gasteiger partial charge in [0.1, 0.15) is 17.9 Å². The van der Waals surface area contributed by atoms with Crippen molar-refractivity contribution in [1.29, 1.82) is 5.26 Å². The van der Waals surface area contributed by atoms with E-state index in [2.05, 4.69) is 61.1 Å². The quantitative estimate of drug-likeness (QED) is 0.208. The number of methoxy groups -OCH3 is 1. The number of nitrogens with two attached hydrogens (primary N) is 1. The summed E-state index contributed by atoms with van der Waals surface area (Å²) in [6, 6.07) is 12.3. The van der Waals surface area contributed by atoms with Crippen molar-refractivity contribution in [2.24, 2.45) is 10.9 Å². The van der Waals surface area contributed by atoms with E-state index in [-0.39, 0.29) is 12.3 Å². The van der Waals surface area contributed by atoms with Gasteiger partial charge in [-0.05, 0) is 18.6 Å². The fraction of sp³-hybridized carbons (Fsp3) is 0.333. The minimum atomic E-state index is 0.0966. The lowest BCUT2D eigenvalue weighted by molar-refractivity contribution is 0.352. The van der Waals surface area contributed by atoms with Crippen LogP contribution >= 0.6 is 0 Å². The summed E-state index contributed by atoms with van der Waals surface area (Å²) in [7, 11) is 5.49. The number of ether oxygens (including phenoxy) is 2. The van der Waals surface area contributed by atoms with Gasteiger partial charge < -0.3 is 39.9 Å². The molecular weight excluding hydrogens is 518 g/mol. The second kappa shape index (κ2) is 9.67. The van der Waals surface area contributed by atoms with Crippen LogP contribution in [0.2, 0.25) is 0 Å². The van der Waals surface area contributed by atoms with Crippen molar-refractivity contribution in [3.63, 3.8) is 0 Å². The van der Waals surface area contributed by atoms with Crippen molar-refractivity contribution in [3.8, 4) is 23.1 Å². The second-order valence-electron chi connectivity index (χ2n) is 10.8. The minimum Gasteiger partial charge on any atom is -0.494 e. The van der Waals surface area contributed by atoms with E-state index in [1.54, 1.807) is 20.4 Å². The average Bonchev–Trinajstić information content (AvgIpc) is 3.46. The fourth-order valence-electron chi connectivity index (χ4n) is 6.21. The van der Waals surface area contributed by atoms with Crippen LogP contribution < -0.4 is 25.6 Å². The predicted molar refractivity (Wildman–Crippen MR) is 160 cm³/mol. The van der Waals surface area contributed by atoms with Gasteiger partial charge in [0, 0.05) is 62.5 Å². The molecule has 2 fully saturated rings. The summed E-state index contributed by atoms with van der Waals surface area (Å²) in [6.45, 7) is 2.50. The van der Waals surface area contributed by atoms with Crippen molar-refractivity contribution in [2.45, 2.75) is 25.3 Å². The Kier molecular flexibility index (Phi) is 5.94. The molecule has 41 heavy (non-hydrogen) atoms. The lowest BCUT2D eigenvalue weighted by Gasteiger charge is -2.22.